The molecule has 30 heavy (non-hydrogen) atoms. The zero-order chi connectivity index (χ0) is 20.6. The van der Waals surface area contributed by atoms with E-state index in [-0.39, 0.29) is 5.91 Å². The van der Waals surface area contributed by atoms with Crippen molar-refractivity contribution in [3.63, 3.8) is 0 Å². The lowest BCUT2D eigenvalue weighted by atomic mass is 9.93. The summed E-state index contributed by atoms with van der Waals surface area (Å²) >= 11 is 0. The molecule has 166 valence electrons. The van der Waals surface area contributed by atoms with Crippen molar-refractivity contribution in [3.8, 4) is 0 Å². The molecule has 1 N–H and O–H groups in total. The molecule has 0 aliphatic carbocycles. The number of likely N-dealkylation sites (tertiary alicyclic amines) is 1. The van der Waals surface area contributed by atoms with Crippen LogP contribution < -0.4 is 10.2 Å². The Kier molecular flexibility index (Phi) is 8.01. The first-order valence-electron chi connectivity index (χ1n) is 11.9. The van der Waals surface area contributed by atoms with Gasteiger partial charge in [0.1, 0.15) is 0 Å². The molecule has 3 aliphatic heterocycles. The average Bonchev–Trinajstić information content (AvgIpc) is 3.28. The molecule has 3 fully saturated rings. The number of rotatable bonds is 8. The number of nitrogens with zero attached hydrogens (tertiary/aromatic N) is 3. The monoisotopic (exact) mass is 414 g/mol. The van der Waals surface area contributed by atoms with Gasteiger partial charge in [-0.2, -0.15) is 0 Å². The van der Waals surface area contributed by atoms with Gasteiger partial charge in [-0.3, -0.25) is 14.6 Å². The van der Waals surface area contributed by atoms with Crippen LogP contribution in [0.5, 0.6) is 0 Å². The van der Waals surface area contributed by atoms with Crippen LogP contribution in [0.2, 0.25) is 0 Å². The van der Waals surface area contributed by atoms with Crippen molar-refractivity contribution < 1.29 is 9.53 Å². The summed E-state index contributed by atoms with van der Waals surface area (Å²) in [4.78, 5) is 19.7. The molecule has 0 bridgehead atoms. The van der Waals surface area contributed by atoms with Crippen LogP contribution in [0.3, 0.4) is 0 Å². The average molecular weight is 415 g/mol. The zero-order valence-electron chi connectivity index (χ0n) is 18.3. The number of benzene rings is 1. The van der Waals surface area contributed by atoms with Crippen molar-refractivity contribution in [1.82, 2.24) is 15.1 Å². The number of carbonyl (C=O) groups excluding carboxylic acids is 1. The van der Waals surface area contributed by atoms with Crippen molar-refractivity contribution in [3.05, 3.63) is 30.3 Å². The Hall–Kier alpha value is -1.63. The Morgan fingerprint density at radius 3 is 2.43 bits per heavy atom. The van der Waals surface area contributed by atoms with E-state index in [1.807, 2.05) is 0 Å². The van der Waals surface area contributed by atoms with Gasteiger partial charge in [-0.15, -0.1) is 0 Å². The number of morpholine rings is 1. The molecule has 1 unspecified atom stereocenters. The third-order valence-corrected chi connectivity index (χ3v) is 7.03. The third-order valence-electron chi connectivity index (χ3n) is 7.03. The maximum Gasteiger partial charge on any atom is 0.234 e. The Labute approximate surface area is 181 Å². The van der Waals surface area contributed by atoms with Crippen LogP contribution >= 0.6 is 0 Å². The van der Waals surface area contributed by atoms with E-state index in [0.717, 1.165) is 71.4 Å². The number of hydrogen-bond donors (Lipinski definition) is 1. The van der Waals surface area contributed by atoms with Crippen LogP contribution in [0.4, 0.5) is 5.69 Å². The summed E-state index contributed by atoms with van der Waals surface area (Å²) in [5.74, 6) is 1.56. The molecule has 3 heterocycles. The fourth-order valence-electron chi connectivity index (χ4n) is 5.01. The number of ether oxygens (including phenoxy) is 1. The molecule has 6 nitrogen and oxygen atoms in total. The second kappa shape index (κ2) is 11.1. The Bertz CT molecular complexity index is 642. The predicted octanol–water partition coefficient (Wildman–Crippen LogP) is 2.06. The smallest absolute Gasteiger partial charge is 0.234 e. The molecule has 1 amide bonds. The number of hydrogen-bond acceptors (Lipinski definition) is 5. The molecule has 1 aromatic rings. The molecule has 1 atom stereocenters. The van der Waals surface area contributed by atoms with E-state index >= 15 is 0 Å². The Morgan fingerprint density at radius 2 is 1.67 bits per heavy atom. The lowest BCUT2D eigenvalue weighted by Gasteiger charge is -2.33. The van der Waals surface area contributed by atoms with Crippen LogP contribution in [0, 0.1) is 11.8 Å². The summed E-state index contributed by atoms with van der Waals surface area (Å²) in [5.41, 5.74) is 1.29. The van der Waals surface area contributed by atoms with Gasteiger partial charge in [0.15, 0.2) is 0 Å². The molecule has 0 saturated carbocycles. The van der Waals surface area contributed by atoms with Crippen molar-refractivity contribution in [2.45, 2.75) is 25.7 Å². The number of nitrogens with one attached hydrogen (secondary N) is 1. The lowest BCUT2D eigenvalue weighted by Crippen LogP contribution is -2.43. The van der Waals surface area contributed by atoms with Crippen LogP contribution in [-0.2, 0) is 9.53 Å². The van der Waals surface area contributed by atoms with Crippen LogP contribution in [0.15, 0.2) is 30.3 Å². The Balaban J connectivity index is 1.08. The van der Waals surface area contributed by atoms with E-state index in [4.69, 9.17) is 4.74 Å². The topological polar surface area (TPSA) is 48.1 Å². The van der Waals surface area contributed by atoms with E-state index in [9.17, 15) is 4.79 Å². The highest BCUT2D eigenvalue weighted by Gasteiger charge is 2.25. The number of piperidine rings is 1. The second-order valence-electron chi connectivity index (χ2n) is 9.20. The highest BCUT2D eigenvalue weighted by Crippen LogP contribution is 2.23. The number of para-hydroxylation sites is 1. The first-order chi connectivity index (χ1) is 14.8. The zero-order valence-corrected chi connectivity index (χ0v) is 18.3. The quantitative estimate of drug-likeness (QED) is 0.706. The summed E-state index contributed by atoms with van der Waals surface area (Å²) in [7, 11) is 0. The maximum absolute atomic E-state index is 12.4. The predicted molar refractivity (Wildman–Crippen MR) is 121 cm³/mol. The van der Waals surface area contributed by atoms with Crippen molar-refractivity contribution in [1.29, 1.82) is 0 Å². The minimum atomic E-state index is 0.194. The largest absolute Gasteiger partial charge is 0.379 e. The van der Waals surface area contributed by atoms with E-state index in [1.54, 1.807) is 0 Å². The van der Waals surface area contributed by atoms with Crippen LogP contribution in [-0.4, -0.2) is 87.8 Å². The van der Waals surface area contributed by atoms with Gasteiger partial charge >= 0.3 is 0 Å². The van der Waals surface area contributed by atoms with Crippen molar-refractivity contribution >= 4 is 11.6 Å². The molecular weight excluding hydrogens is 376 g/mol. The van der Waals surface area contributed by atoms with Crippen molar-refractivity contribution in [2.75, 3.05) is 77.0 Å². The van der Waals surface area contributed by atoms with E-state index in [1.165, 1.54) is 31.5 Å². The minimum absolute atomic E-state index is 0.194. The van der Waals surface area contributed by atoms with Gasteiger partial charge in [0, 0.05) is 38.4 Å². The Morgan fingerprint density at radius 1 is 0.933 bits per heavy atom. The molecule has 6 heteroatoms. The normalized spacial score (nSPS) is 24.3. The van der Waals surface area contributed by atoms with Gasteiger partial charge < -0.3 is 15.0 Å². The van der Waals surface area contributed by atoms with Gasteiger partial charge in [0.05, 0.1) is 19.8 Å². The summed E-state index contributed by atoms with van der Waals surface area (Å²) in [5, 5.41) is 3.20. The van der Waals surface area contributed by atoms with Crippen LogP contribution in [0.25, 0.3) is 0 Å². The highest BCUT2D eigenvalue weighted by molar-refractivity contribution is 5.78. The number of amides is 1. The maximum atomic E-state index is 12.4. The third kappa shape index (κ3) is 6.43. The van der Waals surface area contributed by atoms with Gasteiger partial charge in [0.2, 0.25) is 5.91 Å². The van der Waals surface area contributed by atoms with Gasteiger partial charge in [-0.1, -0.05) is 18.2 Å². The van der Waals surface area contributed by atoms with Gasteiger partial charge in [-0.25, -0.2) is 0 Å². The standard InChI is InChI=1S/C24H38N4O2/c29-24(25-18-22-9-13-28(19-22)23-4-2-1-3-5-23)20-27-11-7-21(8-12-27)6-10-26-14-16-30-17-15-26/h1-5,21-22H,6-20H2,(H,25,29). The molecule has 3 saturated heterocycles. The molecular formula is C24H38N4O2. The van der Waals surface area contributed by atoms with E-state index in [0.29, 0.717) is 12.5 Å². The highest BCUT2D eigenvalue weighted by atomic mass is 16.5. The summed E-state index contributed by atoms with van der Waals surface area (Å²) in [6.07, 6.45) is 4.90. The summed E-state index contributed by atoms with van der Waals surface area (Å²) in [6, 6.07) is 10.6. The van der Waals surface area contributed by atoms with Crippen LogP contribution in [0.1, 0.15) is 25.7 Å². The first-order valence-corrected chi connectivity index (χ1v) is 11.9. The van der Waals surface area contributed by atoms with E-state index < -0.39 is 0 Å². The fraction of sp³-hybridized carbons (Fsp3) is 0.708. The molecule has 3 aliphatic rings. The SMILES string of the molecule is O=C(CN1CCC(CCN2CCOCC2)CC1)NCC1CCN(c2ccccc2)C1. The summed E-state index contributed by atoms with van der Waals surface area (Å²) < 4.78 is 5.43. The van der Waals surface area contributed by atoms with Gasteiger partial charge in [-0.05, 0) is 69.3 Å². The number of anilines is 1. The first kappa shape index (κ1) is 21.6. The summed E-state index contributed by atoms with van der Waals surface area (Å²) in [6.45, 7) is 10.8. The number of carbonyl (C=O) groups is 1. The van der Waals surface area contributed by atoms with E-state index in [2.05, 4.69) is 50.3 Å². The lowest BCUT2D eigenvalue weighted by molar-refractivity contribution is -0.122. The molecule has 0 aromatic heterocycles. The minimum Gasteiger partial charge on any atom is -0.379 e. The molecule has 4 rings (SSSR count). The fourth-order valence-corrected chi connectivity index (χ4v) is 5.01. The molecule has 0 spiro atoms. The second-order valence-corrected chi connectivity index (χ2v) is 9.20. The van der Waals surface area contributed by atoms with Gasteiger partial charge in [0.25, 0.3) is 0 Å². The molecule has 1 aromatic carbocycles. The van der Waals surface area contributed by atoms with Crippen molar-refractivity contribution in [2.24, 2.45) is 11.8 Å². The molecule has 0 radical (unpaired) electrons.